The van der Waals surface area contributed by atoms with Crippen LogP contribution in [-0.2, 0) is 16.6 Å². The maximum absolute atomic E-state index is 13.0. The fourth-order valence-corrected chi connectivity index (χ4v) is 3.18. The topological polar surface area (TPSA) is 80.1 Å². The minimum atomic E-state index is -0.315. The van der Waals surface area contributed by atoms with Crippen molar-refractivity contribution in [1.29, 1.82) is 0 Å². The normalized spacial score (nSPS) is 13.5. The molecule has 0 unspecified atom stereocenters. The highest BCUT2D eigenvalue weighted by atomic mass is 32.2. The summed E-state index contributed by atoms with van der Waals surface area (Å²) in [7, 11) is 3.40. The van der Waals surface area contributed by atoms with E-state index >= 15 is 0 Å². The van der Waals surface area contributed by atoms with Gasteiger partial charge >= 0.3 is 0 Å². The molecule has 1 aromatic carbocycles. The summed E-state index contributed by atoms with van der Waals surface area (Å²) in [6.45, 7) is 0.0511. The molecule has 1 saturated carbocycles. The minimum Gasteiger partial charge on any atom is -0.352 e. The van der Waals surface area contributed by atoms with Crippen molar-refractivity contribution in [1.82, 2.24) is 25.0 Å². The van der Waals surface area contributed by atoms with Crippen LogP contribution in [0.2, 0.25) is 0 Å². The molecule has 0 spiro atoms. The van der Waals surface area contributed by atoms with Gasteiger partial charge in [0, 0.05) is 25.7 Å². The van der Waals surface area contributed by atoms with E-state index in [1.165, 1.54) is 28.8 Å². The molecule has 7 nitrogen and oxygen atoms in total. The number of halogens is 1. The highest BCUT2D eigenvalue weighted by Crippen LogP contribution is 2.23. The number of carbonyl (C=O) groups excluding carboxylic acids is 2. The number of rotatable bonds is 7. The van der Waals surface area contributed by atoms with Crippen LogP contribution in [-0.4, -0.2) is 56.9 Å². The number of benzene rings is 1. The average molecular weight is 377 g/mol. The van der Waals surface area contributed by atoms with Gasteiger partial charge in [0.1, 0.15) is 5.82 Å². The van der Waals surface area contributed by atoms with Crippen molar-refractivity contribution in [2.24, 2.45) is 7.05 Å². The molecule has 2 amide bonds. The van der Waals surface area contributed by atoms with Gasteiger partial charge in [0.05, 0.1) is 12.3 Å². The van der Waals surface area contributed by atoms with Crippen molar-refractivity contribution in [2.45, 2.75) is 24.0 Å². The lowest BCUT2D eigenvalue weighted by atomic mass is 10.2. The summed E-state index contributed by atoms with van der Waals surface area (Å²) in [6, 6.07) is 6.27. The van der Waals surface area contributed by atoms with Crippen LogP contribution in [0.3, 0.4) is 0 Å². The van der Waals surface area contributed by atoms with Crippen molar-refractivity contribution in [3.8, 4) is 11.4 Å². The van der Waals surface area contributed by atoms with Gasteiger partial charge in [-0.2, -0.15) is 0 Å². The highest BCUT2D eigenvalue weighted by molar-refractivity contribution is 7.99. The van der Waals surface area contributed by atoms with E-state index in [2.05, 4.69) is 15.5 Å². The molecule has 0 atom stereocenters. The zero-order valence-electron chi connectivity index (χ0n) is 14.6. The molecule has 1 aliphatic rings. The molecule has 0 aliphatic heterocycles. The Balaban J connectivity index is 1.54. The summed E-state index contributed by atoms with van der Waals surface area (Å²) in [6.07, 6.45) is 2.03. The molecule has 3 rings (SSSR count). The van der Waals surface area contributed by atoms with E-state index in [9.17, 15) is 14.0 Å². The minimum absolute atomic E-state index is 0.0511. The molecular formula is C17H20FN5O2S. The number of hydrogen-bond donors (Lipinski definition) is 1. The van der Waals surface area contributed by atoms with Gasteiger partial charge in [-0.05, 0) is 37.1 Å². The number of nitrogens with zero attached hydrogens (tertiary/aromatic N) is 4. The van der Waals surface area contributed by atoms with Gasteiger partial charge in [0.15, 0.2) is 11.0 Å². The van der Waals surface area contributed by atoms with Crippen molar-refractivity contribution in [2.75, 3.05) is 19.3 Å². The smallest absolute Gasteiger partial charge is 0.239 e. The summed E-state index contributed by atoms with van der Waals surface area (Å²) < 4.78 is 14.8. The number of amides is 2. The summed E-state index contributed by atoms with van der Waals surface area (Å²) in [5.74, 6) is 0.141. The third-order valence-corrected chi connectivity index (χ3v) is 5.02. The first-order valence-corrected chi connectivity index (χ1v) is 9.24. The largest absolute Gasteiger partial charge is 0.352 e. The zero-order chi connectivity index (χ0) is 18.7. The quantitative estimate of drug-likeness (QED) is 0.739. The van der Waals surface area contributed by atoms with Gasteiger partial charge in [-0.3, -0.25) is 9.59 Å². The predicted octanol–water partition coefficient (Wildman–Crippen LogP) is 1.45. The van der Waals surface area contributed by atoms with E-state index in [-0.39, 0.29) is 36.0 Å². The summed E-state index contributed by atoms with van der Waals surface area (Å²) >= 11 is 1.25. The Bertz CT molecular complexity index is 804. The molecule has 9 heteroatoms. The van der Waals surface area contributed by atoms with Crippen LogP contribution < -0.4 is 5.32 Å². The Hall–Kier alpha value is -2.42. The number of hydrogen-bond acceptors (Lipinski definition) is 5. The molecule has 26 heavy (non-hydrogen) atoms. The van der Waals surface area contributed by atoms with Crippen molar-refractivity contribution >= 4 is 23.6 Å². The second-order valence-corrected chi connectivity index (χ2v) is 7.19. The van der Waals surface area contributed by atoms with Crippen molar-refractivity contribution in [3.05, 3.63) is 30.1 Å². The number of thioether (sulfide) groups is 1. The molecule has 1 aliphatic carbocycles. The van der Waals surface area contributed by atoms with Gasteiger partial charge in [-0.25, -0.2) is 4.39 Å². The number of likely N-dealkylation sites (N-methyl/N-ethyl adjacent to an activating group) is 1. The zero-order valence-corrected chi connectivity index (χ0v) is 15.4. The van der Waals surface area contributed by atoms with Crippen LogP contribution >= 0.6 is 11.8 Å². The van der Waals surface area contributed by atoms with E-state index in [0.717, 1.165) is 18.4 Å². The van der Waals surface area contributed by atoms with E-state index in [1.807, 2.05) is 0 Å². The molecule has 0 bridgehead atoms. The van der Waals surface area contributed by atoms with E-state index in [0.29, 0.717) is 11.0 Å². The van der Waals surface area contributed by atoms with Gasteiger partial charge < -0.3 is 14.8 Å². The molecule has 1 fully saturated rings. The SMILES string of the molecule is CN(CC(=O)NC1CC1)C(=O)CSc1nnc(-c2ccc(F)cc2)n1C. The van der Waals surface area contributed by atoms with Crippen molar-refractivity contribution in [3.63, 3.8) is 0 Å². The Labute approximate surface area is 155 Å². The molecule has 0 saturated heterocycles. The van der Waals surface area contributed by atoms with E-state index in [1.54, 1.807) is 30.8 Å². The van der Waals surface area contributed by atoms with Gasteiger partial charge in [0.25, 0.3) is 0 Å². The second-order valence-electron chi connectivity index (χ2n) is 6.25. The van der Waals surface area contributed by atoms with Gasteiger partial charge in [-0.15, -0.1) is 10.2 Å². The maximum Gasteiger partial charge on any atom is 0.239 e. The Morgan fingerprint density at radius 1 is 1.31 bits per heavy atom. The lowest BCUT2D eigenvalue weighted by Crippen LogP contribution is -2.39. The Morgan fingerprint density at radius 2 is 2.00 bits per heavy atom. The Morgan fingerprint density at radius 3 is 2.65 bits per heavy atom. The van der Waals surface area contributed by atoms with Gasteiger partial charge in [-0.1, -0.05) is 11.8 Å². The number of carbonyl (C=O) groups is 2. The third-order valence-electron chi connectivity index (χ3n) is 4.01. The van der Waals surface area contributed by atoms with Crippen LogP contribution in [0.25, 0.3) is 11.4 Å². The first kappa shape index (κ1) is 18.4. The molecule has 1 aromatic heterocycles. The van der Waals surface area contributed by atoms with Crippen molar-refractivity contribution < 1.29 is 14.0 Å². The third kappa shape index (κ3) is 4.60. The van der Waals surface area contributed by atoms with E-state index < -0.39 is 0 Å². The highest BCUT2D eigenvalue weighted by Gasteiger charge is 2.24. The monoisotopic (exact) mass is 377 g/mol. The molecule has 1 N–H and O–H groups in total. The maximum atomic E-state index is 13.0. The summed E-state index contributed by atoms with van der Waals surface area (Å²) in [4.78, 5) is 25.4. The fraction of sp³-hybridized carbons (Fsp3) is 0.412. The first-order chi connectivity index (χ1) is 12.4. The average Bonchev–Trinajstić information content (AvgIpc) is 3.34. The molecular weight excluding hydrogens is 357 g/mol. The van der Waals surface area contributed by atoms with Crippen LogP contribution in [0.5, 0.6) is 0 Å². The fourth-order valence-electron chi connectivity index (χ4n) is 2.33. The number of nitrogens with one attached hydrogen (secondary N) is 1. The van der Waals surface area contributed by atoms with Crippen LogP contribution in [0.1, 0.15) is 12.8 Å². The summed E-state index contributed by atoms with van der Waals surface area (Å²) in [5.41, 5.74) is 0.744. The van der Waals surface area contributed by atoms with Gasteiger partial charge in [0.2, 0.25) is 11.8 Å². The van der Waals surface area contributed by atoms with Crippen LogP contribution in [0.15, 0.2) is 29.4 Å². The Kier molecular flexibility index (Phi) is 5.55. The number of aromatic nitrogens is 3. The molecule has 138 valence electrons. The molecule has 0 radical (unpaired) electrons. The summed E-state index contributed by atoms with van der Waals surface area (Å²) in [5, 5.41) is 11.6. The van der Waals surface area contributed by atoms with Crippen LogP contribution in [0, 0.1) is 5.82 Å². The predicted molar refractivity (Wildman–Crippen MR) is 95.9 cm³/mol. The first-order valence-electron chi connectivity index (χ1n) is 8.25. The second kappa shape index (κ2) is 7.86. The molecule has 1 heterocycles. The lowest BCUT2D eigenvalue weighted by molar-refractivity contribution is -0.132. The lowest BCUT2D eigenvalue weighted by Gasteiger charge is -2.16. The molecule has 2 aromatic rings. The van der Waals surface area contributed by atoms with Crippen LogP contribution in [0.4, 0.5) is 4.39 Å². The van der Waals surface area contributed by atoms with E-state index in [4.69, 9.17) is 0 Å². The standard InChI is InChI=1S/C17H20FN5O2S/c1-22(9-14(24)19-13-7-8-13)15(25)10-26-17-21-20-16(23(17)2)11-3-5-12(18)6-4-11/h3-6,13H,7-10H2,1-2H3,(H,19,24).